The monoisotopic (exact) mass is 553 g/mol. The van der Waals surface area contributed by atoms with Crippen molar-refractivity contribution in [1.82, 2.24) is 15.7 Å². The Kier molecular flexibility index (Phi) is 12.7. The second-order valence-electron chi connectivity index (χ2n) is 8.48. The molecule has 0 aromatic carbocycles. The number of aliphatic carboxylic acids is 1. The van der Waals surface area contributed by atoms with Crippen molar-refractivity contribution >= 4 is 54.2 Å². The maximum absolute atomic E-state index is 12.6. The summed E-state index contributed by atoms with van der Waals surface area (Å²) in [4.78, 5) is 70.4. The molecule has 0 radical (unpaired) electrons. The fraction of sp³-hybridized carbons (Fsp3) is 0.700. The SMILES string of the molecule is COC(=O)CC(C(C)=O)C(=O)SCCNC(=O)CCNC(=O)[C@@H]1OP(=O)(NCC(=O)O)OCC1(C)C. The van der Waals surface area contributed by atoms with E-state index in [-0.39, 0.29) is 38.3 Å². The number of carboxylic acids is 1. The van der Waals surface area contributed by atoms with E-state index in [1.54, 1.807) is 13.8 Å². The van der Waals surface area contributed by atoms with Gasteiger partial charge in [-0.2, -0.15) is 0 Å². The van der Waals surface area contributed by atoms with Crippen molar-refractivity contribution in [3.05, 3.63) is 0 Å². The number of rotatable bonds is 14. The van der Waals surface area contributed by atoms with Crippen LogP contribution in [0.3, 0.4) is 0 Å². The van der Waals surface area contributed by atoms with Crippen molar-refractivity contribution in [2.75, 3.05) is 39.1 Å². The molecule has 1 aliphatic heterocycles. The molecule has 1 heterocycles. The highest BCUT2D eigenvalue weighted by Crippen LogP contribution is 2.52. The second-order valence-corrected chi connectivity index (χ2v) is 11.4. The summed E-state index contributed by atoms with van der Waals surface area (Å²) in [5.74, 6) is -4.41. The van der Waals surface area contributed by atoms with Gasteiger partial charge in [0.1, 0.15) is 12.3 Å². The highest BCUT2D eigenvalue weighted by molar-refractivity contribution is 8.13. The molecular formula is C20H32N3O11PS. The molecule has 36 heavy (non-hydrogen) atoms. The third-order valence-corrected chi connectivity index (χ3v) is 7.40. The Morgan fingerprint density at radius 2 is 1.83 bits per heavy atom. The van der Waals surface area contributed by atoms with Crippen molar-refractivity contribution in [3.8, 4) is 0 Å². The summed E-state index contributed by atoms with van der Waals surface area (Å²) in [5.41, 5.74) is -0.874. The maximum Gasteiger partial charge on any atom is 0.406 e. The molecule has 0 saturated carbocycles. The van der Waals surface area contributed by atoms with Crippen molar-refractivity contribution in [1.29, 1.82) is 0 Å². The van der Waals surface area contributed by atoms with E-state index in [0.717, 1.165) is 18.9 Å². The number of amides is 2. The van der Waals surface area contributed by atoms with Gasteiger partial charge < -0.3 is 20.5 Å². The molecule has 0 spiro atoms. The number of carbonyl (C=O) groups is 6. The van der Waals surface area contributed by atoms with Crippen LogP contribution in [0, 0.1) is 11.3 Å². The first kappa shape index (κ1) is 31.7. The Morgan fingerprint density at radius 3 is 2.42 bits per heavy atom. The van der Waals surface area contributed by atoms with E-state index in [0.29, 0.717) is 0 Å². The molecule has 204 valence electrons. The van der Waals surface area contributed by atoms with E-state index in [1.807, 2.05) is 0 Å². The van der Waals surface area contributed by atoms with Gasteiger partial charge in [-0.15, -0.1) is 0 Å². The Morgan fingerprint density at radius 1 is 1.17 bits per heavy atom. The highest BCUT2D eigenvalue weighted by atomic mass is 32.2. The van der Waals surface area contributed by atoms with Crippen LogP contribution in [0.5, 0.6) is 0 Å². The van der Waals surface area contributed by atoms with Gasteiger partial charge in [0.15, 0.2) is 11.2 Å². The number of hydrogen-bond donors (Lipinski definition) is 4. The zero-order valence-electron chi connectivity index (χ0n) is 20.5. The third-order valence-electron chi connectivity index (χ3n) is 4.92. The lowest BCUT2D eigenvalue weighted by Gasteiger charge is -2.40. The van der Waals surface area contributed by atoms with Gasteiger partial charge in [-0.1, -0.05) is 25.6 Å². The minimum absolute atomic E-state index is 0.0636. The molecule has 1 fully saturated rings. The van der Waals surface area contributed by atoms with Gasteiger partial charge in [-0.25, -0.2) is 9.65 Å². The average Bonchev–Trinajstić information content (AvgIpc) is 2.80. The first-order valence-electron chi connectivity index (χ1n) is 10.9. The Bertz CT molecular complexity index is 911. The normalized spacial score (nSPS) is 21.6. The van der Waals surface area contributed by atoms with Crippen LogP contribution in [0.1, 0.15) is 33.6 Å². The molecule has 16 heteroatoms. The van der Waals surface area contributed by atoms with Crippen molar-refractivity contribution in [2.45, 2.75) is 39.7 Å². The maximum atomic E-state index is 12.6. The van der Waals surface area contributed by atoms with Crippen molar-refractivity contribution in [2.24, 2.45) is 11.3 Å². The zero-order valence-corrected chi connectivity index (χ0v) is 22.2. The van der Waals surface area contributed by atoms with E-state index in [4.69, 9.17) is 14.2 Å². The number of methoxy groups -OCH3 is 1. The van der Waals surface area contributed by atoms with Gasteiger partial charge in [0.25, 0.3) is 0 Å². The third kappa shape index (κ3) is 10.7. The van der Waals surface area contributed by atoms with Crippen LogP contribution >= 0.6 is 19.5 Å². The topological polar surface area (TPSA) is 203 Å². The number of thioether (sulfide) groups is 1. The summed E-state index contributed by atoms with van der Waals surface area (Å²) in [5, 5.41) is 15.5. The number of ketones is 1. The number of carbonyl (C=O) groups excluding carboxylic acids is 5. The summed E-state index contributed by atoms with van der Waals surface area (Å²) < 4.78 is 27.4. The quantitative estimate of drug-likeness (QED) is 0.0958. The predicted octanol–water partition coefficient (Wildman–Crippen LogP) is -0.139. The van der Waals surface area contributed by atoms with Crippen molar-refractivity contribution in [3.63, 3.8) is 0 Å². The Labute approximate surface area is 212 Å². The van der Waals surface area contributed by atoms with Gasteiger partial charge in [0, 0.05) is 30.7 Å². The second kappa shape index (κ2) is 14.4. The summed E-state index contributed by atoms with van der Waals surface area (Å²) in [6.45, 7) is 3.73. The number of esters is 1. The first-order valence-corrected chi connectivity index (χ1v) is 13.4. The summed E-state index contributed by atoms with van der Waals surface area (Å²) in [6, 6.07) is 0. The molecule has 1 rings (SSSR count). The minimum atomic E-state index is -4.01. The van der Waals surface area contributed by atoms with Crippen LogP contribution in [-0.2, 0) is 47.1 Å². The molecule has 2 unspecified atom stereocenters. The highest BCUT2D eigenvalue weighted by Gasteiger charge is 2.48. The lowest BCUT2D eigenvalue weighted by molar-refractivity contribution is -0.145. The van der Waals surface area contributed by atoms with Gasteiger partial charge in [-0.3, -0.25) is 37.8 Å². The number of hydrogen-bond acceptors (Lipinski definition) is 11. The first-order chi connectivity index (χ1) is 16.7. The van der Waals surface area contributed by atoms with Crippen LogP contribution in [0.25, 0.3) is 0 Å². The standard InChI is InChI=1S/C20H32N3O11PS/c1-12(24)13(9-16(28)32-4)19(30)36-8-7-21-14(25)5-6-22-18(29)17-20(2,3)11-33-35(31,34-17)23-10-15(26)27/h13,17H,5-11H2,1-4H3,(H,21,25)(H,22,29)(H,23,31)(H,26,27)/t13?,17-,35?/m0/s1. The lowest BCUT2D eigenvalue weighted by Crippen LogP contribution is -2.51. The van der Waals surface area contributed by atoms with Crippen LogP contribution in [0.15, 0.2) is 0 Å². The average molecular weight is 554 g/mol. The smallest absolute Gasteiger partial charge is 0.406 e. The predicted molar refractivity (Wildman–Crippen MR) is 127 cm³/mol. The fourth-order valence-electron chi connectivity index (χ4n) is 2.86. The molecule has 0 bridgehead atoms. The zero-order chi connectivity index (χ0) is 27.5. The molecule has 1 saturated heterocycles. The molecule has 4 N–H and O–H groups in total. The minimum Gasteiger partial charge on any atom is -0.480 e. The summed E-state index contributed by atoms with van der Waals surface area (Å²) >= 11 is 0.811. The molecule has 2 amide bonds. The van der Waals surface area contributed by atoms with Crippen molar-refractivity contribution < 1.29 is 52.2 Å². The number of Topliss-reactive ketones (excluding diaryl/α,β-unsaturated/α-hetero) is 1. The van der Waals surface area contributed by atoms with E-state index in [1.165, 1.54) is 6.92 Å². The molecule has 1 aliphatic rings. The lowest BCUT2D eigenvalue weighted by atomic mass is 9.87. The number of nitrogens with one attached hydrogen (secondary N) is 3. The van der Waals surface area contributed by atoms with Gasteiger partial charge in [-0.05, 0) is 6.92 Å². The summed E-state index contributed by atoms with van der Waals surface area (Å²) in [6.07, 6.45) is -1.66. The summed E-state index contributed by atoms with van der Waals surface area (Å²) in [7, 11) is -2.85. The Balaban J connectivity index is 2.42. The molecular weight excluding hydrogens is 521 g/mol. The van der Waals surface area contributed by atoms with Gasteiger partial charge in [0.05, 0.1) is 26.1 Å². The van der Waals surface area contributed by atoms with Gasteiger partial charge >= 0.3 is 19.7 Å². The molecule has 14 nitrogen and oxygen atoms in total. The molecule has 0 aromatic heterocycles. The number of ether oxygens (including phenoxy) is 1. The van der Waals surface area contributed by atoms with Crippen LogP contribution < -0.4 is 15.7 Å². The van der Waals surface area contributed by atoms with Crippen LogP contribution in [0.2, 0.25) is 0 Å². The van der Waals surface area contributed by atoms with Crippen LogP contribution in [0.4, 0.5) is 0 Å². The Hall–Kier alpha value is -2.32. The largest absolute Gasteiger partial charge is 0.480 e. The van der Waals surface area contributed by atoms with Gasteiger partial charge in [0.2, 0.25) is 11.8 Å². The fourth-order valence-corrected chi connectivity index (χ4v) is 5.43. The van der Waals surface area contributed by atoms with E-state index < -0.39 is 66.4 Å². The molecule has 0 aliphatic carbocycles. The van der Waals surface area contributed by atoms with E-state index in [2.05, 4.69) is 20.5 Å². The number of carboxylic acid groups (broad SMARTS) is 1. The molecule has 0 aromatic rings. The van der Waals surface area contributed by atoms with Crippen LogP contribution in [-0.4, -0.2) is 85.0 Å². The molecule has 3 atom stereocenters. The van der Waals surface area contributed by atoms with E-state index >= 15 is 0 Å². The van der Waals surface area contributed by atoms with E-state index in [9.17, 15) is 33.3 Å².